The van der Waals surface area contributed by atoms with E-state index in [4.69, 9.17) is 4.98 Å². The molecule has 154 valence electrons. The molecular formula is C22H25N7O. The molecule has 4 aromatic rings. The topological polar surface area (TPSA) is 94.6 Å². The zero-order valence-electron chi connectivity index (χ0n) is 17.0. The largest absolute Gasteiger partial charge is 0.383 e. The Morgan fingerprint density at radius 1 is 1.23 bits per heavy atom. The van der Waals surface area contributed by atoms with Gasteiger partial charge in [0.25, 0.3) is 5.56 Å². The summed E-state index contributed by atoms with van der Waals surface area (Å²) in [5.41, 5.74) is 4.96. The summed E-state index contributed by atoms with van der Waals surface area (Å²) < 4.78 is 1.95. The molecule has 1 fully saturated rings. The van der Waals surface area contributed by atoms with Crippen LogP contribution in [0.1, 0.15) is 18.4 Å². The van der Waals surface area contributed by atoms with Crippen LogP contribution >= 0.6 is 0 Å². The molecule has 0 aliphatic carbocycles. The van der Waals surface area contributed by atoms with Crippen LogP contribution in [-0.4, -0.2) is 55.6 Å². The number of rotatable bonds is 6. The Bertz CT molecular complexity index is 1220. The van der Waals surface area contributed by atoms with Crippen LogP contribution in [0, 0.1) is 6.92 Å². The van der Waals surface area contributed by atoms with Crippen LogP contribution < -0.4 is 10.9 Å². The summed E-state index contributed by atoms with van der Waals surface area (Å²) in [5.74, 6) is 0.571. The van der Waals surface area contributed by atoms with Gasteiger partial charge < -0.3 is 24.8 Å². The van der Waals surface area contributed by atoms with Gasteiger partial charge in [0.1, 0.15) is 11.4 Å². The van der Waals surface area contributed by atoms with Gasteiger partial charge in [0.2, 0.25) is 0 Å². The average Bonchev–Trinajstić information content (AvgIpc) is 3.49. The highest BCUT2D eigenvalue weighted by Crippen LogP contribution is 2.27. The van der Waals surface area contributed by atoms with E-state index in [2.05, 4.69) is 31.2 Å². The number of fused-ring (bicyclic) bond motifs is 1. The fourth-order valence-corrected chi connectivity index (χ4v) is 4.17. The van der Waals surface area contributed by atoms with Crippen molar-refractivity contribution in [1.82, 2.24) is 29.4 Å². The van der Waals surface area contributed by atoms with Gasteiger partial charge in [-0.15, -0.1) is 0 Å². The van der Waals surface area contributed by atoms with Crippen molar-refractivity contribution in [1.29, 1.82) is 0 Å². The zero-order valence-corrected chi connectivity index (χ0v) is 17.0. The number of aryl methyl sites for hydroxylation is 1. The van der Waals surface area contributed by atoms with E-state index >= 15 is 0 Å². The number of imidazole rings is 2. The van der Waals surface area contributed by atoms with E-state index < -0.39 is 0 Å². The number of anilines is 1. The van der Waals surface area contributed by atoms with Crippen LogP contribution in [-0.2, 0) is 0 Å². The van der Waals surface area contributed by atoms with Crippen LogP contribution in [0.2, 0.25) is 0 Å². The molecule has 0 amide bonds. The Kier molecular flexibility index (Phi) is 4.84. The van der Waals surface area contributed by atoms with Crippen molar-refractivity contribution in [2.75, 3.05) is 31.5 Å². The molecule has 0 radical (unpaired) electrons. The minimum atomic E-state index is -0.160. The van der Waals surface area contributed by atoms with Crippen LogP contribution in [0.15, 0.2) is 47.9 Å². The molecule has 0 unspecified atom stereocenters. The summed E-state index contributed by atoms with van der Waals surface area (Å²) in [7, 11) is 0. The van der Waals surface area contributed by atoms with Crippen molar-refractivity contribution in [2.24, 2.45) is 0 Å². The first kappa shape index (κ1) is 18.6. The first-order valence-electron chi connectivity index (χ1n) is 10.4. The molecule has 3 N–H and O–H groups in total. The smallest absolute Gasteiger partial charge is 0.261 e. The summed E-state index contributed by atoms with van der Waals surface area (Å²) in [5, 5.41) is 3.44. The van der Waals surface area contributed by atoms with Crippen LogP contribution in [0.5, 0.6) is 0 Å². The van der Waals surface area contributed by atoms with Gasteiger partial charge >= 0.3 is 0 Å². The maximum atomic E-state index is 12.7. The van der Waals surface area contributed by atoms with Crippen LogP contribution in [0.25, 0.3) is 28.1 Å². The van der Waals surface area contributed by atoms with Crippen molar-refractivity contribution in [2.45, 2.75) is 19.8 Å². The van der Waals surface area contributed by atoms with E-state index in [1.165, 1.54) is 12.8 Å². The second-order valence-electron chi connectivity index (χ2n) is 7.79. The number of aromatic nitrogens is 5. The number of likely N-dealkylation sites (tertiary alicyclic amines) is 1. The number of pyridine rings is 1. The minimum absolute atomic E-state index is 0.160. The van der Waals surface area contributed by atoms with E-state index in [1.54, 1.807) is 18.7 Å². The molecule has 3 aromatic heterocycles. The molecule has 1 aromatic carbocycles. The molecule has 8 nitrogen and oxygen atoms in total. The number of nitrogens with one attached hydrogen (secondary N) is 3. The van der Waals surface area contributed by atoms with Gasteiger partial charge in [-0.3, -0.25) is 4.79 Å². The highest BCUT2D eigenvalue weighted by atomic mass is 16.1. The summed E-state index contributed by atoms with van der Waals surface area (Å²) in [6.07, 6.45) is 9.65. The third-order valence-electron chi connectivity index (χ3n) is 5.70. The van der Waals surface area contributed by atoms with Gasteiger partial charge in [-0.05, 0) is 56.6 Å². The SMILES string of the molecule is Cc1cc(-n2ccnc2)cc2[nH]c(-c3c(NCCN4CCCC4)cc[nH]c3=O)nc12. The van der Waals surface area contributed by atoms with Crippen LogP contribution in [0.3, 0.4) is 0 Å². The lowest BCUT2D eigenvalue weighted by Crippen LogP contribution is -2.26. The summed E-state index contributed by atoms with van der Waals surface area (Å²) in [4.78, 5) is 30.2. The predicted molar refractivity (Wildman–Crippen MR) is 118 cm³/mol. The Hall–Kier alpha value is -3.39. The van der Waals surface area contributed by atoms with Crippen molar-refractivity contribution in [3.8, 4) is 17.1 Å². The fourth-order valence-electron chi connectivity index (χ4n) is 4.17. The van der Waals surface area contributed by atoms with Gasteiger partial charge in [-0.2, -0.15) is 0 Å². The highest BCUT2D eigenvalue weighted by Gasteiger charge is 2.17. The number of H-pyrrole nitrogens is 2. The first-order chi connectivity index (χ1) is 14.7. The standard InChI is InChI=1S/C22H25N7O/c1-15-12-16(29-11-6-23-14-29)13-18-20(15)27-21(26-18)19-17(4-5-25-22(19)30)24-7-10-28-8-2-3-9-28/h4-6,11-14H,2-3,7-10H2,1H3,(H,26,27)(H2,24,25,30). The van der Waals surface area contributed by atoms with Crippen molar-refractivity contribution < 1.29 is 0 Å². The van der Waals surface area contributed by atoms with Crippen LogP contribution in [0.4, 0.5) is 5.69 Å². The zero-order chi connectivity index (χ0) is 20.5. The molecule has 1 saturated heterocycles. The normalized spacial score (nSPS) is 14.6. The van der Waals surface area contributed by atoms with Gasteiger partial charge in [0, 0.05) is 37.4 Å². The summed E-state index contributed by atoms with van der Waals surface area (Å²) in [6.45, 7) is 6.11. The quantitative estimate of drug-likeness (QED) is 0.460. The minimum Gasteiger partial charge on any atom is -0.383 e. The van der Waals surface area contributed by atoms with Crippen molar-refractivity contribution in [3.05, 3.63) is 59.0 Å². The highest BCUT2D eigenvalue weighted by molar-refractivity contribution is 5.86. The molecule has 5 rings (SSSR count). The average molecular weight is 403 g/mol. The second kappa shape index (κ2) is 7.79. The Morgan fingerprint density at radius 3 is 2.90 bits per heavy atom. The maximum Gasteiger partial charge on any atom is 0.261 e. The molecule has 1 aliphatic rings. The van der Waals surface area contributed by atoms with Gasteiger partial charge in [-0.25, -0.2) is 9.97 Å². The molecule has 0 saturated carbocycles. The van der Waals surface area contributed by atoms with E-state index in [0.717, 1.165) is 54.2 Å². The number of aromatic amines is 2. The molecule has 0 bridgehead atoms. The van der Waals surface area contributed by atoms with E-state index in [1.807, 2.05) is 29.8 Å². The number of hydrogen-bond acceptors (Lipinski definition) is 5. The van der Waals surface area contributed by atoms with Gasteiger partial charge in [0.05, 0.1) is 23.0 Å². The Labute approximate surface area is 174 Å². The van der Waals surface area contributed by atoms with E-state index in [-0.39, 0.29) is 5.56 Å². The lowest BCUT2D eigenvalue weighted by Gasteiger charge is -2.16. The maximum absolute atomic E-state index is 12.7. The van der Waals surface area contributed by atoms with Crippen molar-refractivity contribution >= 4 is 16.7 Å². The first-order valence-corrected chi connectivity index (χ1v) is 10.4. The summed E-state index contributed by atoms with van der Waals surface area (Å²) in [6, 6.07) is 5.99. The Morgan fingerprint density at radius 2 is 2.10 bits per heavy atom. The fraction of sp³-hybridized carbons (Fsp3) is 0.318. The molecule has 30 heavy (non-hydrogen) atoms. The monoisotopic (exact) mass is 403 g/mol. The third kappa shape index (κ3) is 3.50. The predicted octanol–water partition coefficient (Wildman–Crippen LogP) is 2.92. The number of nitrogens with zero attached hydrogens (tertiary/aromatic N) is 4. The molecule has 4 heterocycles. The molecular weight excluding hydrogens is 378 g/mol. The molecule has 8 heteroatoms. The Balaban J connectivity index is 1.48. The molecule has 0 atom stereocenters. The van der Waals surface area contributed by atoms with E-state index in [9.17, 15) is 4.79 Å². The van der Waals surface area contributed by atoms with Gasteiger partial charge in [-0.1, -0.05) is 0 Å². The number of benzene rings is 1. The molecule has 0 spiro atoms. The van der Waals surface area contributed by atoms with E-state index in [0.29, 0.717) is 11.4 Å². The number of hydrogen-bond donors (Lipinski definition) is 3. The second-order valence-corrected chi connectivity index (χ2v) is 7.79. The third-order valence-corrected chi connectivity index (χ3v) is 5.70. The lowest BCUT2D eigenvalue weighted by molar-refractivity contribution is 0.352. The van der Waals surface area contributed by atoms with Gasteiger partial charge in [0.15, 0.2) is 0 Å². The molecule has 1 aliphatic heterocycles. The lowest BCUT2D eigenvalue weighted by atomic mass is 10.2. The summed E-state index contributed by atoms with van der Waals surface area (Å²) >= 11 is 0. The van der Waals surface area contributed by atoms with Crippen molar-refractivity contribution in [3.63, 3.8) is 0 Å².